The third kappa shape index (κ3) is 3.19. The molecule has 0 saturated heterocycles. The van der Waals surface area contributed by atoms with Gasteiger partial charge in [0.15, 0.2) is 0 Å². The van der Waals surface area contributed by atoms with Crippen LogP contribution in [0.4, 0.5) is 0 Å². The van der Waals surface area contributed by atoms with Crippen LogP contribution >= 0.6 is 0 Å². The van der Waals surface area contributed by atoms with E-state index < -0.39 is 0 Å². The van der Waals surface area contributed by atoms with E-state index in [1.807, 2.05) is 0 Å². The van der Waals surface area contributed by atoms with Crippen molar-refractivity contribution in [1.29, 1.82) is 0 Å². The Labute approximate surface area is 116 Å². The summed E-state index contributed by atoms with van der Waals surface area (Å²) in [6, 6.07) is 3.64. The second kappa shape index (κ2) is 5.28. The maximum Gasteiger partial charge on any atom is 0.0630 e. The van der Waals surface area contributed by atoms with E-state index in [0.717, 1.165) is 6.04 Å². The fourth-order valence-corrected chi connectivity index (χ4v) is 2.96. The Bertz CT molecular complexity index is 411. The first-order valence-corrected chi connectivity index (χ1v) is 8.02. The molecule has 2 saturated carbocycles. The fraction of sp³-hybridized carbons (Fsp3) is 0.812. The van der Waals surface area contributed by atoms with Crippen LogP contribution in [-0.2, 0) is 6.42 Å². The van der Waals surface area contributed by atoms with Crippen LogP contribution in [0, 0.1) is 5.41 Å². The number of hydrogen-bond donors (Lipinski definition) is 1. The quantitative estimate of drug-likeness (QED) is 0.778. The number of hydrogen-bond acceptors (Lipinski definition) is 2. The third-order valence-electron chi connectivity index (χ3n) is 4.84. The molecule has 3 heteroatoms. The van der Waals surface area contributed by atoms with E-state index in [4.69, 9.17) is 5.10 Å². The molecule has 0 bridgehead atoms. The van der Waals surface area contributed by atoms with E-state index in [-0.39, 0.29) is 0 Å². The average molecular weight is 261 g/mol. The van der Waals surface area contributed by atoms with E-state index in [1.54, 1.807) is 0 Å². The largest absolute Gasteiger partial charge is 0.313 e. The Morgan fingerprint density at radius 2 is 2.11 bits per heavy atom. The summed E-state index contributed by atoms with van der Waals surface area (Å²) in [5.74, 6) is 0. The Hall–Kier alpha value is -0.830. The van der Waals surface area contributed by atoms with Crippen molar-refractivity contribution in [1.82, 2.24) is 15.1 Å². The molecule has 1 aromatic rings. The topological polar surface area (TPSA) is 29.9 Å². The molecule has 106 valence electrons. The molecule has 1 N–H and O–H groups in total. The summed E-state index contributed by atoms with van der Waals surface area (Å²) in [7, 11) is 0. The predicted octanol–water partition coefficient (Wildman–Crippen LogP) is 3.32. The van der Waals surface area contributed by atoms with E-state index in [1.165, 1.54) is 57.2 Å². The SMILES string of the molecule is CCC(CC)n1ccc(CC2(CNC3CC3)CC2)n1. The number of aromatic nitrogens is 2. The summed E-state index contributed by atoms with van der Waals surface area (Å²) in [6.45, 7) is 5.70. The molecular formula is C16H27N3. The van der Waals surface area contributed by atoms with E-state index >= 15 is 0 Å². The lowest BCUT2D eigenvalue weighted by Crippen LogP contribution is -2.27. The van der Waals surface area contributed by atoms with Crippen molar-refractivity contribution in [2.75, 3.05) is 6.54 Å². The maximum atomic E-state index is 4.81. The molecule has 2 aliphatic carbocycles. The predicted molar refractivity (Wildman–Crippen MR) is 78.2 cm³/mol. The molecule has 0 aromatic carbocycles. The molecule has 19 heavy (non-hydrogen) atoms. The first kappa shape index (κ1) is 13.2. The smallest absolute Gasteiger partial charge is 0.0630 e. The summed E-state index contributed by atoms with van der Waals surface area (Å²) in [6.07, 6.45) is 11.2. The van der Waals surface area contributed by atoms with Crippen molar-refractivity contribution in [3.05, 3.63) is 18.0 Å². The van der Waals surface area contributed by atoms with Crippen LogP contribution in [0.25, 0.3) is 0 Å². The van der Waals surface area contributed by atoms with Gasteiger partial charge < -0.3 is 5.32 Å². The lowest BCUT2D eigenvalue weighted by molar-refractivity contribution is 0.413. The molecule has 0 aliphatic heterocycles. The normalized spacial score (nSPS) is 21.0. The first-order chi connectivity index (χ1) is 9.24. The van der Waals surface area contributed by atoms with Crippen molar-refractivity contribution in [2.45, 2.75) is 70.9 Å². The van der Waals surface area contributed by atoms with Crippen LogP contribution in [0.15, 0.2) is 12.3 Å². The minimum Gasteiger partial charge on any atom is -0.313 e. The van der Waals surface area contributed by atoms with Crippen LogP contribution in [0.5, 0.6) is 0 Å². The van der Waals surface area contributed by atoms with Gasteiger partial charge in [0.1, 0.15) is 0 Å². The molecule has 2 aliphatic rings. The summed E-state index contributed by atoms with van der Waals surface area (Å²) in [5, 5.41) is 8.51. The van der Waals surface area contributed by atoms with Crippen molar-refractivity contribution >= 4 is 0 Å². The minimum absolute atomic E-state index is 0.537. The van der Waals surface area contributed by atoms with E-state index in [0.29, 0.717) is 11.5 Å². The number of nitrogens with one attached hydrogen (secondary N) is 1. The highest BCUT2D eigenvalue weighted by atomic mass is 15.3. The molecule has 1 heterocycles. The molecule has 0 amide bonds. The van der Waals surface area contributed by atoms with E-state index in [2.05, 4.69) is 36.1 Å². The van der Waals surface area contributed by atoms with Gasteiger partial charge in [0.2, 0.25) is 0 Å². The van der Waals surface area contributed by atoms with Crippen molar-refractivity contribution < 1.29 is 0 Å². The third-order valence-corrected chi connectivity index (χ3v) is 4.84. The highest BCUT2D eigenvalue weighted by molar-refractivity contribution is 5.09. The van der Waals surface area contributed by atoms with E-state index in [9.17, 15) is 0 Å². The summed E-state index contributed by atoms with van der Waals surface area (Å²) in [4.78, 5) is 0. The fourth-order valence-electron chi connectivity index (χ4n) is 2.96. The second-order valence-electron chi connectivity index (χ2n) is 6.59. The zero-order chi connectivity index (χ0) is 13.3. The van der Waals surface area contributed by atoms with Crippen LogP contribution in [0.3, 0.4) is 0 Å². The first-order valence-electron chi connectivity index (χ1n) is 8.02. The second-order valence-corrected chi connectivity index (χ2v) is 6.59. The number of nitrogens with zero attached hydrogens (tertiary/aromatic N) is 2. The zero-order valence-electron chi connectivity index (χ0n) is 12.4. The lowest BCUT2D eigenvalue weighted by Gasteiger charge is -2.15. The van der Waals surface area contributed by atoms with Gasteiger partial charge in [-0.05, 0) is 56.4 Å². The van der Waals surface area contributed by atoms with Gasteiger partial charge in [-0.1, -0.05) is 13.8 Å². The summed E-state index contributed by atoms with van der Waals surface area (Å²) >= 11 is 0. The van der Waals surface area contributed by atoms with Crippen LogP contribution < -0.4 is 5.32 Å². The highest BCUT2D eigenvalue weighted by Crippen LogP contribution is 2.48. The molecule has 0 atom stereocenters. The van der Waals surface area contributed by atoms with Gasteiger partial charge in [0, 0.05) is 18.8 Å². The summed E-state index contributed by atoms with van der Waals surface area (Å²) in [5.41, 5.74) is 1.83. The molecule has 0 radical (unpaired) electrons. The van der Waals surface area contributed by atoms with Gasteiger partial charge in [0.25, 0.3) is 0 Å². The van der Waals surface area contributed by atoms with Crippen molar-refractivity contribution in [3.63, 3.8) is 0 Å². The lowest BCUT2D eigenvalue weighted by atomic mass is 10.0. The van der Waals surface area contributed by atoms with Crippen LogP contribution in [0.1, 0.15) is 64.1 Å². The molecule has 1 aromatic heterocycles. The zero-order valence-corrected chi connectivity index (χ0v) is 12.4. The Morgan fingerprint density at radius 3 is 2.68 bits per heavy atom. The molecular weight excluding hydrogens is 234 g/mol. The standard InChI is InChI=1S/C16H27N3/c1-3-15(4-2)19-10-7-14(18-19)11-16(8-9-16)12-17-13-5-6-13/h7,10,13,15,17H,3-6,8-9,11-12H2,1-2H3. The summed E-state index contributed by atoms with van der Waals surface area (Å²) < 4.78 is 2.18. The van der Waals surface area contributed by atoms with Gasteiger partial charge in [-0.2, -0.15) is 5.10 Å². The Kier molecular flexibility index (Phi) is 3.66. The van der Waals surface area contributed by atoms with Gasteiger partial charge >= 0.3 is 0 Å². The monoisotopic (exact) mass is 261 g/mol. The molecule has 0 spiro atoms. The maximum absolute atomic E-state index is 4.81. The van der Waals surface area contributed by atoms with Gasteiger partial charge in [-0.25, -0.2) is 0 Å². The minimum atomic E-state index is 0.537. The van der Waals surface area contributed by atoms with Crippen LogP contribution in [-0.4, -0.2) is 22.4 Å². The van der Waals surface area contributed by atoms with Crippen LogP contribution in [0.2, 0.25) is 0 Å². The molecule has 3 rings (SSSR count). The molecule has 3 nitrogen and oxygen atoms in total. The van der Waals surface area contributed by atoms with Gasteiger partial charge in [-0.15, -0.1) is 0 Å². The Morgan fingerprint density at radius 1 is 1.37 bits per heavy atom. The van der Waals surface area contributed by atoms with Crippen molar-refractivity contribution in [2.24, 2.45) is 5.41 Å². The number of rotatable bonds is 8. The molecule has 2 fully saturated rings. The van der Waals surface area contributed by atoms with Crippen molar-refractivity contribution in [3.8, 4) is 0 Å². The van der Waals surface area contributed by atoms with Gasteiger partial charge in [-0.3, -0.25) is 4.68 Å². The highest BCUT2D eigenvalue weighted by Gasteiger charge is 2.43. The molecule has 0 unspecified atom stereocenters. The average Bonchev–Trinajstić information content (AvgIpc) is 3.31. The van der Waals surface area contributed by atoms with Gasteiger partial charge in [0.05, 0.1) is 11.7 Å². The Balaban J connectivity index is 1.57.